The Balaban J connectivity index is 0.627. The van der Waals surface area contributed by atoms with Gasteiger partial charge < -0.3 is 34.4 Å². The lowest BCUT2D eigenvalue weighted by Gasteiger charge is -2.48. The van der Waals surface area contributed by atoms with Gasteiger partial charge in [0.05, 0.1) is 28.9 Å². The van der Waals surface area contributed by atoms with Crippen LogP contribution in [-0.4, -0.2) is 152 Å². The molecule has 6 aliphatic heterocycles. The van der Waals surface area contributed by atoms with Gasteiger partial charge >= 0.3 is 0 Å². The number of benzene rings is 2. The smallest absolute Gasteiger partial charge is 0.253 e. The maximum absolute atomic E-state index is 15.2. The van der Waals surface area contributed by atoms with Gasteiger partial charge in [-0.3, -0.25) is 34.2 Å². The minimum atomic E-state index is -0.683. The van der Waals surface area contributed by atoms with E-state index in [2.05, 4.69) is 90.0 Å². The van der Waals surface area contributed by atoms with Crippen LogP contribution in [0.4, 0.5) is 17.3 Å². The standard InChI is InChI=1S/C61H74N12O5/c1-39(2)72-38-63-51-35-50(65-56(55(51)72)64-45-12-13-45)43-10-15-49-52(32-43)73(47-33-46(34-47)68-22-4-3-5-23-68)60(78)61(49)20-26-70(27-21-61)58(76)41-8-6-40(7-9-41)37-67-28-30-71(31-29-67)59(77)42-18-24-69(25-19-42)53-16-11-44(36-62-53)48-14-17-54(74)66-57(48)75/h6-11,15-16,32,35-36,38-39,42,45-48H,3-5,12-14,17-31,33-34,37H2,1-2H3,(H,64,65)(H,66,74,75). The number of amides is 5. The van der Waals surface area contributed by atoms with Crippen LogP contribution in [0.25, 0.3) is 22.3 Å². The van der Waals surface area contributed by atoms with Crippen molar-refractivity contribution in [2.45, 2.75) is 139 Å². The summed E-state index contributed by atoms with van der Waals surface area (Å²) >= 11 is 0. The summed E-state index contributed by atoms with van der Waals surface area (Å²) in [5, 5.41) is 6.14. The van der Waals surface area contributed by atoms with Crippen molar-refractivity contribution in [2.75, 3.05) is 80.6 Å². The van der Waals surface area contributed by atoms with Crippen molar-refractivity contribution in [3.8, 4) is 11.3 Å². The molecule has 1 atom stereocenters. The van der Waals surface area contributed by atoms with Gasteiger partial charge in [0.25, 0.3) is 5.91 Å². The van der Waals surface area contributed by atoms with E-state index in [9.17, 15) is 19.2 Å². The molecule has 5 saturated heterocycles. The highest BCUT2D eigenvalue weighted by Crippen LogP contribution is 2.52. The molecule has 0 radical (unpaired) electrons. The van der Waals surface area contributed by atoms with Gasteiger partial charge in [-0.05, 0) is 145 Å². The first-order valence-corrected chi connectivity index (χ1v) is 29.3. The number of nitrogens with one attached hydrogen (secondary N) is 2. The summed E-state index contributed by atoms with van der Waals surface area (Å²) in [5.41, 5.74) is 7.84. The lowest BCUT2D eigenvalue weighted by molar-refractivity contribution is -0.138. The Morgan fingerprint density at radius 1 is 0.769 bits per heavy atom. The number of rotatable bonds is 12. The molecule has 9 heterocycles. The first-order valence-electron chi connectivity index (χ1n) is 29.3. The van der Waals surface area contributed by atoms with Crippen molar-refractivity contribution in [1.29, 1.82) is 0 Å². The lowest BCUT2D eigenvalue weighted by atomic mass is 9.73. The molecule has 1 spiro atoms. The van der Waals surface area contributed by atoms with Crippen LogP contribution in [0.3, 0.4) is 0 Å². The SMILES string of the molecule is CC(C)n1cnc2cc(-c3ccc4c(c3)N(C3CC(N5CCCCC5)C3)C(=O)C43CCN(C(=O)c4ccc(CN5CCN(C(=O)C6CCN(c7ccc(C8CCC(=O)NC8=O)cn7)CC6)CC5)cc4)CC3)nc(NC3CC3)c21. The number of hydrogen-bond acceptors (Lipinski definition) is 12. The fraction of sp³-hybridized carbons (Fsp3) is 0.541. The molecule has 17 heteroatoms. The minimum absolute atomic E-state index is 0.00605. The number of aromatic nitrogens is 4. The summed E-state index contributed by atoms with van der Waals surface area (Å²) in [6, 6.07) is 21.9. The number of anilines is 3. The predicted molar refractivity (Wildman–Crippen MR) is 299 cm³/mol. The third-order valence-corrected chi connectivity index (χ3v) is 18.9. The zero-order valence-corrected chi connectivity index (χ0v) is 45.4. The molecular formula is C61H74N12O5. The van der Waals surface area contributed by atoms with Crippen LogP contribution < -0.4 is 20.4 Å². The number of piperazine rings is 1. The monoisotopic (exact) mass is 1050 g/mol. The number of imide groups is 1. The fourth-order valence-electron chi connectivity index (χ4n) is 13.9. The Hall–Kier alpha value is -6.72. The lowest BCUT2D eigenvalue weighted by Crippen LogP contribution is -2.58. The predicted octanol–water partition coefficient (Wildman–Crippen LogP) is 7.27. The Labute approximate surface area is 457 Å². The van der Waals surface area contributed by atoms with Gasteiger partial charge in [-0.1, -0.05) is 36.8 Å². The summed E-state index contributed by atoms with van der Waals surface area (Å²) in [6.45, 7) is 12.9. The first-order chi connectivity index (χ1) is 38.0. The number of nitrogens with zero attached hydrogens (tertiary/aromatic N) is 10. The van der Waals surface area contributed by atoms with Crippen LogP contribution in [0.15, 0.2) is 73.2 Å². The normalized spacial score (nSPS) is 24.2. The van der Waals surface area contributed by atoms with Gasteiger partial charge in [-0.15, -0.1) is 0 Å². The second-order valence-corrected chi connectivity index (χ2v) is 24.1. The molecule has 7 fully saturated rings. The van der Waals surface area contributed by atoms with E-state index in [0.29, 0.717) is 69.5 Å². The second-order valence-electron chi connectivity index (χ2n) is 24.1. The molecule has 408 valence electrons. The van der Waals surface area contributed by atoms with Crippen LogP contribution in [0.5, 0.6) is 0 Å². The van der Waals surface area contributed by atoms with Crippen molar-refractivity contribution in [2.24, 2.45) is 5.92 Å². The summed E-state index contributed by atoms with van der Waals surface area (Å²) in [6.07, 6.45) is 15.3. The molecule has 2 aromatic carbocycles. The molecule has 2 N–H and O–H groups in total. The van der Waals surface area contributed by atoms with Gasteiger partial charge in [0, 0.05) is 118 Å². The first kappa shape index (κ1) is 50.8. The molecule has 2 aliphatic carbocycles. The minimum Gasteiger partial charge on any atom is -0.366 e. The summed E-state index contributed by atoms with van der Waals surface area (Å²) in [4.78, 5) is 95.3. The van der Waals surface area contributed by atoms with Crippen LogP contribution in [0, 0.1) is 5.92 Å². The zero-order valence-electron chi connectivity index (χ0n) is 45.4. The number of pyridine rings is 2. The third kappa shape index (κ3) is 9.62. The number of carbonyl (C=O) groups excluding carboxylic acids is 5. The van der Waals surface area contributed by atoms with Gasteiger partial charge in [-0.2, -0.15) is 0 Å². The van der Waals surface area contributed by atoms with E-state index in [0.717, 1.165) is 141 Å². The molecular weight excluding hydrogens is 981 g/mol. The van der Waals surface area contributed by atoms with Gasteiger partial charge in [0.1, 0.15) is 11.3 Å². The molecule has 3 aromatic heterocycles. The van der Waals surface area contributed by atoms with Gasteiger partial charge in [-0.25, -0.2) is 15.0 Å². The van der Waals surface area contributed by atoms with E-state index >= 15 is 4.79 Å². The van der Waals surface area contributed by atoms with E-state index in [1.54, 1.807) is 6.20 Å². The third-order valence-electron chi connectivity index (χ3n) is 18.9. The Morgan fingerprint density at radius 3 is 2.22 bits per heavy atom. The average Bonchev–Trinajstić information content (AvgIpc) is 4.34. The summed E-state index contributed by atoms with van der Waals surface area (Å²) in [5.74, 6) is 1.31. The summed E-state index contributed by atoms with van der Waals surface area (Å²) < 4.78 is 2.20. The molecule has 13 rings (SSSR count). The van der Waals surface area contributed by atoms with E-state index in [-0.39, 0.29) is 53.5 Å². The maximum atomic E-state index is 15.2. The molecule has 5 aromatic rings. The maximum Gasteiger partial charge on any atom is 0.253 e. The van der Waals surface area contributed by atoms with Crippen molar-refractivity contribution >= 4 is 57.9 Å². The quantitative estimate of drug-likeness (QED) is 0.120. The number of fused-ring (bicyclic) bond motifs is 3. The molecule has 5 amide bonds. The molecule has 2 saturated carbocycles. The van der Waals surface area contributed by atoms with Crippen molar-refractivity contribution in [3.63, 3.8) is 0 Å². The van der Waals surface area contributed by atoms with Crippen LogP contribution in [0.1, 0.15) is 136 Å². The molecule has 1 unspecified atom stereocenters. The highest BCUT2D eigenvalue weighted by Gasteiger charge is 2.56. The fourth-order valence-corrected chi connectivity index (χ4v) is 13.9. The molecule has 78 heavy (non-hydrogen) atoms. The molecule has 17 nitrogen and oxygen atoms in total. The van der Waals surface area contributed by atoms with Crippen molar-refractivity contribution in [3.05, 3.63) is 95.4 Å². The number of piperidine rings is 4. The van der Waals surface area contributed by atoms with Crippen molar-refractivity contribution in [1.82, 2.24) is 44.4 Å². The van der Waals surface area contributed by atoms with Crippen LogP contribution >= 0.6 is 0 Å². The molecule has 0 bridgehead atoms. The van der Waals surface area contributed by atoms with E-state index in [1.807, 2.05) is 40.4 Å². The van der Waals surface area contributed by atoms with Crippen molar-refractivity contribution < 1.29 is 24.0 Å². The Bertz CT molecular complexity index is 3100. The zero-order chi connectivity index (χ0) is 53.2. The Morgan fingerprint density at radius 2 is 1.53 bits per heavy atom. The largest absolute Gasteiger partial charge is 0.366 e. The van der Waals surface area contributed by atoms with Crippen LogP contribution in [0.2, 0.25) is 0 Å². The highest BCUT2D eigenvalue weighted by atomic mass is 16.2. The van der Waals surface area contributed by atoms with Gasteiger partial charge in [0.2, 0.25) is 23.6 Å². The summed E-state index contributed by atoms with van der Waals surface area (Å²) in [7, 11) is 0. The van der Waals surface area contributed by atoms with Crippen LogP contribution in [-0.2, 0) is 31.1 Å². The topological polar surface area (TPSA) is 172 Å². The Kier molecular flexibility index (Phi) is 13.6. The van der Waals surface area contributed by atoms with E-state index < -0.39 is 5.41 Å². The highest BCUT2D eigenvalue weighted by molar-refractivity contribution is 6.10. The number of carbonyl (C=O) groups is 5. The molecule has 8 aliphatic rings. The number of hydrogen-bond donors (Lipinski definition) is 2. The van der Waals surface area contributed by atoms with E-state index in [1.165, 1.54) is 19.3 Å². The second kappa shape index (κ2) is 20.8. The number of imidazole rings is 1. The number of likely N-dealkylation sites (tertiary alicyclic amines) is 2. The average molecular weight is 1060 g/mol. The van der Waals surface area contributed by atoms with E-state index in [4.69, 9.17) is 9.97 Å². The van der Waals surface area contributed by atoms with Gasteiger partial charge in [0.15, 0.2) is 5.82 Å².